The van der Waals surface area contributed by atoms with Crippen molar-refractivity contribution in [1.82, 2.24) is 5.32 Å². The molecule has 0 aliphatic rings. The van der Waals surface area contributed by atoms with Crippen LogP contribution in [0.5, 0.6) is 0 Å². The van der Waals surface area contributed by atoms with Crippen LogP contribution in [0.15, 0.2) is 12.2 Å². The van der Waals surface area contributed by atoms with Crippen molar-refractivity contribution in [3.05, 3.63) is 12.2 Å². The summed E-state index contributed by atoms with van der Waals surface area (Å²) in [5, 5.41) is 12.0. The van der Waals surface area contributed by atoms with Crippen LogP contribution in [0.1, 0.15) is 96.8 Å². The molecule has 0 aliphatic heterocycles. The lowest BCUT2D eigenvalue weighted by atomic mass is 10.1. The first-order chi connectivity index (χ1) is 13.8. The molecule has 0 saturated carbocycles. The molecule has 0 heterocycles. The predicted molar refractivity (Wildman–Crippen MR) is 116 cm³/mol. The van der Waals surface area contributed by atoms with Crippen molar-refractivity contribution in [1.29, 1.82) is 0 Å². The molecule has 0 aromatic rings. The molecule has 0 rings (SSSR count). The SMILES string of the molecule is CCCC/C=C\CCCCCCCCCCCC(=O)NCC(O)COP(=O)(O)O. The Hall–Kier alpha value is -0.720. The minimum atomic E-state index is -4.59. The van der Waals surface area contributed by atoms with E-state index < -0.39 is 20.5 Å². The standard InChI is InChI=1S/C21H42NO6P/c1-2-3-4-5-6-7-8-9-10-11-12-13-14-15-16-17-21(24)22-18-20(23)19-28-29(25,26)27/h5-6,20,23H,2-4,7-19H2,1H3,(H,22,24)(H2,25,26,27)/b6-5-. The van der Waals surface area contributed by atoms with Crippen LogP contribution in [-0.2, 0) is 13.9 Å². The van der Waals surface area contributed by atoms with Crippen LogP contribution in [-0.4, -0.2) is 40.1 Å². The zero-order valence-electron chi connectivity index (χ0n) is 18.1. The van der Waals surface area contributed by atoms with Gasteiger partial charge in [0, 0.05) is 13.0 Å². The number of carbonyl (C=O) groups excluding carboxylic acids is 1. The molecule has 0 aliphatic carbocycles. The largest absolute Gasteiger partial charge is 0.469 e. The molecule has 1 unspecified atom stereocenters. The maximum Gasteiger partial charge on any atom is 0.469 e. The first-order valence-corrected chi connectivity index (χ1v) is 12.7. The third-order valence-electron chi connectivity index (χ3n) is 4.64. The van der Waals surface area contributed by atoms with Crippen molar-refractivity contribution in [3.8, 4) is 0 Å². The average Bonchev–Trinajstić information content (AvgIpc) is 2.67. The molecule has 0 aromatic carbocycles. The quantitative estimate of drug-likeness (QED) is 0.126. The molecule has 172 valence electrons. The molecule has 1 amide bonds. The second-order valence-electron chi connectivity index (χ2n) is 7.58. The molecular formula is C21H42NO6P. The topological polar surface area (TPSA) is 116 Å². The Bertz CT molecular complexity index is 466. The number of phosphoric acid groups is 1. The molecule has 29 heavy (non-hydrogen) atoms. The number of hydrogen-bond acceptors (Lipinski definition) is 4. The molecule has 0 radical (unpaired) electrons. The van der Waals surface area contributed by atoms with E-state index in [1.165, 1.54) is 64.2 Å². The van der Waals surface area contributed by atoms with E-state index in [0.29, 0.717) is 6.42 Å². The molecule has 4 N–H and O–H groups in total. The highest BCUT2D eigenvalue weighted by molar-refractivity contribution is 7.46. The Labute approximate surface area is 176 Å². The van der Waals surface area contributed by atoms with Crippen LogP contribution < -0.4 is 5.32 Å². The lowest BCUT2D eigenvalue weighted by Crippen LogP contribution is -2.34. The van der Waals surface area contributed by atoms with E-state index >= 15 is 0 Å². The van der Waals surface area contributed by atoms with E-state index in [0.717, 1.165) is 19.3 Å². The highest BCUT2D eigenvalue weighted by atomic mass is 31.2. The molecule has 0 fully saturated rings. The Morgan fingerprint density at radius 3 is 2.00 bits per heavy atom. The zero-order valence-corrected chi connectivity index (χ0v) is 19.0. The summed E-state index contributed by atoms with van der Waals surface area (Å²) in [5.74, 6) is -0.163. The van der Waals surface area contributed by atoms with Gasteiger partial charge in [-0.1, -0.05) is 76.9 Å². The second-order valence-corrected chi connectivity index (χ2v) is 8.82. The van der Waals surface area contributed by atoms with Gasteiger partial charge in [-0.2, -0.15) is 0 Å². The fraction of sp³-hybridized carbons (Fsp3) is 0.857. The van der Waals surface area contributed by atoms with Crippen molar-refractivity contribution < 1.29 is 28.8 Å². The third kappa shape index (κ3) is 23.4. The number of carbonyl (C=O) groups is 1. The first kappa shape index (κ1) is 28.3. The van der Waals surface area contributed by atoms with Crippen molar-refractivity contribution in [2.45, 2.75) is 103 Å². The molecule has 0 aromatic heterocycles. The van der Waals surface area contributed by atoms with Gasteiger partial charge in [-0.05, 0) is 25.7 Å². The Kier molecular flexibility index (Phi) is 18.8. The molecule has 0 spiro atoms. The average molecular weight is 436 g/mol. The van der Waals surface area contributed by atoms with Crippen LogP contribution in [0.4, 0.5) is 0 Å². The fourth-order valence-corrected chi connectivity index (χ4v) is 3.27. The van der Waals surface area contributed by atoms with Crippen molar-refractivity contribution in [2.75, 3.05) is 13.2 Å². The van der Waals surface area contributed by atoms with E-state index in [2.05, 4.69) is 28.9 Å². The van der Waals surface area contributed by atoms with Gasteiger partial charge in [0.05, 0.1) is 12.7 Å². The summed E-state index contributed by atoms with van der Waals surface area (Å²) in [6.45, 7) is 1.63. The molecule has 1 atom stereocenters. The van der Waals surface area contributed by atoms with Crippen molar-refractivity contribution >= 4 is 13.7 Å². The van der Waals surface area contributed by atoms with Crippen LogP contribution in [0.25, 0.3) is 0 Å². The van der Waals surface area contributed by atoms with E-state index in [1.807, 2.05) is 0 Å². The number of rotatable bonds is 20. The van der Waals surface area contributed by atoms with Gasteiger partial charge in [0.1, 0.15) is 0 Å². The zero-order chi connectivity index (χ0) is 21.8. The number of aliphatic hydroxyl groups excluding tert-OH is 1. The van der Waals surface area contributed by atoms with E-state index in [9.17, 15) is 14.5 Å². The summed E-state index contributed by atoms with van der Waals surface area (Å²) in [6.07, 6.45) is 19.5. The Morgan fingerprint density at radius 1 is 0.931 bits per heavy atom. The van der Waals surface area contributed by atoms with Gasteiger partial charge in [0.15, 0.2) is 0 Å². The molecule has 8 heteroatoms. The Morgan fingerprint density at radius 2 is 1.45 bits per heavy atom. The minimum absolute atomic E-state index is 0.0760. The van der Waals surface area contributed by atoms with Gasteiger partial charge in [0.25, 0.3) is 0 Å². The summed E-state index contributed by atoms with van der Waals surface area (Å²) in [4.78, 5) is 28.7. The Balaban J connectivity index is 3.34. The van der Waals surface area contributed by atoms with Crippen LogP contribution in [0.2, 0.25) is 0 Å². The van der Waals surface area contributed by atoms with E-state index in [4.69, 9.17) is 9.79 Å². The second kappa shape index (κ2) is 19.3. The number of unbranched alkanes of at least 4 members (excludes halogenated alkanes) is 11. The fourth-order valence-electron chi connectivity index (χ4n) is 2.90. The molecule has 7 nitrogen and oxygen atoms in total. The van der Waals surface area contributed by atoms with Gasteiger partial charge >= 0.3 is 7.82 Å². The number of amides is 1. The van der Waals surface area contributed by atoms with Crippen LogP contribution in [0, 0.1) is 0 Å². The summed E-state index contributed by atoms with van der Waals surface area (Å²) >= 11 is 0. The highest BCUT2D eigenvalue weighted by Crippen LogP contribution is 2.35. The maximum absolute atomic E-state index is 11.7. The van der Waals surface area contributed by atoms with Crippen LogP contribution >= 0.6 is 7.82 Å². The number of aliphatic hydroxyl groups is 1. The normalized spacial score (nSPS) is 13.1. The van der Waals surface area contributed by atoms with Gasteiger partial charge in [-0.25, -0.2) is 4.57 Å². The molecule has 0 saturated heterocycles. The van der Waals surface area contributed by atoms with Crippen molar-refractivity contribution in [3.63, 3.8) is 0 Å². The van der Waals surface area contributed by atoms with E-state index in [-0.39, 0.29) is 12.5 Å². The smallest absolute Gasteiger partial charge is 0.389 e. The highest BCUT2D eigenvalue weighted by Gasteiger charge is 2.17. The van der Waals surface area contributed by atoms with Gasteiger partial charge in [0.2, 0.25) is 5.91 Å². The monoisotopic (exact) mass is 435 g/mol. The summed E-state index contributed by atoms with van der Waals surface area (Å²) in [7, 11) is -4.59. The predicted octanol–water partition coefficient (Wildman–Crippen LogP) is 4.61. The van der Waals surface area contributed by atoms with Crippen LogP contribution in [0.3, 0.4) is 0 Å². The number of phosphoric ester groups is 1. The summed E-state index contributed by atoms with van der Waals surface area (Å²) in [5.41, 5.74) is 0. The van der Waals surface area contributed by atoms with Crippen molar-refractivity contribution in [2.24, 2.45) is 0 Å². The van der Waals surface area contributed by atoms with Gasteiger partial charge in [-0.15, -0.1) is 0 Å². The van der Waals surface area contributed by atoms with Gasteiger partial charge in [-0.3, -0.25) is 9.32 Å². The number of hydrogen-bond donors (Lipinski definition) is 4. The van der Waals surface area contributed by atoms with Gasteiger partial charge < -0.3 is 20.2 Å². The first-order valence-electron chi connectivity index (χ1n) is 11.1. The molecular weight excluding hydrogens is 393 g/mol. The summed E-state index contributed by atoms with van der Waals surface area (Å²) < 4.78 is 14.7. The number of nitrogens with one attached hydrogen (secondary N) is 1. The molecule has 0 bridgehead atoms. The maximum atomic E-state index is 11.7. The van der Waals surface area contributed by atoms with E-state index in [1.54, 1.807) is 0 Å². The minimum Gasteiger partial charge on any atom is -0.389 e. The number of allylic oxidation sites excluding steroid dienone is 2. The lowest BCUT2D eigenvalue weighted by molar-refractivity contribution is -0.121. The summed E-state index contributed by atoms with van der Waals surface area (Å²) in [6, 6.07) is 0. The third-order valence-corrected chi connectivity index (χ3v) is 5.12. The lowest BCUT2D eigenvalue weighted by Gasteiger charge is -2.12.